The van der Waals surface area contributed by atoms with Crippen LogP contribution in [-0.2, 0) is 0 Å². The summed E-state index contributed by atoms with van der Waals surface area (Å²) >= 11 is 0. The van der Waals surface area contributed by atoms with Gasteiger partial charge in [0.2, 0.25) is 0 Å². The van der Waals surface area contributed by atoms with Gasteiger partial charge >= 0.3 is 0 Å². The fraction of sp³-hybridized carbons (Fsp3) is 0.294. The standard InChI is InChI=1S/C17H21N3O3/c1-4-9-18-16-8-5-12(11-19-16)17(21)20-14-7-6-13(22-2)10-15(14)23-3/h5-8,10-11H,4,9H2,1-3H3,(H,18,19)(H,20,21). The van der Waals surface area contributed by atoms with Crippen LogP contribution in [0.1, 0.15) is 23.7 Å². The number of benzene rings is 1. The van der Waals surface area contributed by atoms with Crippen LogP contribution in [0, 0.1) is 0 Å². The fourth-order valence-electron chi connectivity index (χ4n) is 1.98. The molecule has 0 atom stereocenters. The van der Waals surface area contributed by atoms with Crippen molar-refractivity contribution in [2.24, 2.45) is 0 Å². The minimum absolute atomic E-state index is 0.247. The molecule has 0 unspecified atom stereocenters. The number of hydrogen-bond acceptors (Lipinski definition) is 5. The summed E-state index contributed by atoms with van der Waals surface area (Å²) in [5.41, 5.74) is 1.05. The molecule has 23 heavy (non-hydrogen) atoms. The third-order valence-electron chi connectivity index (χ3n) is 3.24. The van der Waals surface area contributed by atoms with Gasteiger partial charge in [0.05, 0.1) is 25.5 Å². The predicted molar refractivity (Wildman–Crippen MR) is 90.5 cm³/mol. The van der Waals surface area contributed by atoms with E-state index in [1.54, 1.807) is 50.7 Å². The molecule has 2 rings (SSSR count). The fourth-order valence-corrected chi connectivity index (χ4v) is 1.98. The van der Waals surface area contributed by atoms with Gasteiger partial charge < -0.3 is 20.1 Å². The van der Waals surface area contributed by atoms with Gasteiger partial charge in [0.1, 0.15) is 17.3 Å². The molecule has 122 valence electrons. The van der Waals surface area contributed by atoms with Gasteiger partial charge in [0, 0.05) is 18.8 Å². The van der Waals surface area contributed by atoms with Crippen molar-refractivity contribution in [2.45, 2.75) is 13.3 Å². The molecule has 2 N–H and O–H groups in total. The number of aromatic nitrogens is 1. The van der Waals surface area contributed by atoms with Crippen molar-refractivity contribution in [3.05, 3.63) is 42.1 Å². The Morgan fingerprint density at radius 2 is 2.00 bits per heavy atom. The summed E-state index contributed by atoms with van der Waals surface area (Å²) in [7, 11) is 3.12. The SMILES string of the molecule is CCCNc1ccc(C(=O)Nc2ccc(OC)cc2OC)cn1. The maximum absolute atomic E-state index is 12.3. The number of rotatable bonds is 7. The molecule has 0 fully saturated rings. The van der Waals surface area contributed by atoms with Crippen molar-refractivity contribution < 1.29 is 14.3 Å². The van der Waals surface area contributed by atoms with Crippen LogP contribution >= 0.6 is 0 Å². The molecule has 6 heteroatoms. The van der Waals surface area contributed by atoms with Crippen molar-refractivity contribution in [1.82, 2.24) is 4.98 Å². The highest BCUT2D eigenvalue weighted by atomic mass is 16.5. The Morgan fingerprint density at radius 3 is 2.61 bits per heavy atom. The zero-order chi connectivity index (χ0) is 16.7. The number of anilines is 2. The van der Waals surface area contributed by atoms with Crippen molar-refractivity contribution in [3.8, 4) is 11.5 Å². The molecule has 0 aliphatic heterocycles. The van der Waals surface area contributed by atoms with E-state index in [9.17, 15) is 4.79 Å². The zero-order valence-electron chi connectivity index (χ0n) is 13.6. The van der Waals surface area contributed by atoms with Gasteiger partial charge in [-0.05, 0) is 30.7 Å². The van der Waals surface area contributed by atoms with E-state index >= 15 is 0 Å². The number of nitrogens with one attached hydrogen (secondary N) is 2. The van der Waals surface area contributed by atoms with Crippen LogP contribution in [0.25, 0.3) is 0 Å². The van der Waals surface area contributed by atoms with Crippen LogP contribution in [0.3, 0.4) is 0 Å². The first-order valence-electron chi connectivity index (χ1n) is 7.41. The van der Waals surface area contributed by atoms with E-state index in [4.69, 9.17) is 9.47 Å². The average Bonchev–Trinajstić information content (AvgIpc) is 2.60. The van der Waals surface area contributed by atoms with E-state index in [0.29, 0.717) is 22.7 Å². The van der Waals surface area contributed by atoms with Crippen molar-refractivity contribution in [1.29, 1.82) is 0 Å². The van der Waals surface area contributed by atoms with Crippen LogP contribution in [0.5, 0.6) is 11.5 Å². The summed E-state index contributed by atoms with van der Waals surface area (Å²) < 4.78 is 10.4. The lowest BCUT2D eigenvalue weighted by Crippen LogP contribution is -2.13. The molecular weight excluding hydrogens is 294 g/mol. The monoisotopic (exact) mass is 315 g/mol. The lowest BCUT2D eigenvalue weighted by Gasteiger charge is -2.11. The normalized spacial score (nSPS) is 10.0. The van der Waals surface area contributed by atoms with E-state index in [0.717, 1.165) is 18.8 Å². The third kappa shape index (κ3) is 4.35. The molecule has 0 spiro atoms. The second-order valence-corrected chi connectivity index (χ2v) is 4.88. The quantitative estimate of drug-likeness (QED) is 0.821. The number of carbonyl (C=O) groups is 1. The van der Waals surface area contributed by atoms with Crippen LogP contribution < -0.4 is 20.1 Å². The molecular formula is C17H21N3O3. The number of nitrogens with zero attached hydrogens (tertiary/aromatic N) is 1. The highest BCUT2D eigenvalue weighted by Crippen LogP contribution is 2.29. The zero-order valence-corrected chi connectivity index (χ0v) is 13.6. The van der Waals surface area contributed by atoms with Gasteiger partial charge in [-0.1, -0.05) is 6.92 Å². The molecule has 0 bridgehead atoms. The molecule has 1 aromatic carbocycles. The van der Waals surface area contributed by atoms with E-state index in [1.807, 2.05) is 0 Å². The maximum atomic E-state index is 12.3. The molecule has 1 aromatic heterocycles. The topological polar surface area (TPSA) is 72.5 Å². The summed E-state index contributed by atoms with van der Waals surface area (Å²) in [6.45, 7) is 2.93. The Morgan fingerprint density at radius 1 is 1.17 bits per heavy atom. The average molecular weight is 315 g/mol. The first-order valence-corrected chi connectivity index (χ1v) is 7.41. The molecule has 0 saturated heterocycles. The van der Waals surface area contributed by atoms with E-state index in [2.05, 4.69) is 22.5 Å². The number of hydrogen-bond donors (Lipinski definition) is 2. The molecule has 1 amide bonds. The van der Waals surface area contributed by atoms with Crippen molar-refractivity contribution >= 4 is 17.4 Å². The Balaban J connectivity index is 2.09. The lowest BCUT2D eigenvalue weighted by molar-refractivity contribution is 0.102. The van der Waals surface area contributed by atoms with Gasteiger partial charge in [-0.15, -0.1) is 0 Å². The van der Waals surface area contributed by atoms with Gasteiger partial charge in [-0.25, -0.2) is 4.98 Å². The van der Waals surface area contributed by atoms with Crippen LogP contribution in [-0.4, -0.2) is 31.7 Å². The van der Waals surface area contributed by atoms with Gasteiger partial charge in [0.25, 0.3) is 5.91 Å². The number of amides is 1. The minimum Gasteiger partial charge on any atom is -0.497 e. The number of pyridine rings is 1. The molecule has 2 aromatic rings. The van der Waals surface area contributed by atoms with E-state index in [-0.39, 0.29) is 5.91 Å². The van der Waals surface area contributed by atoms with Crippen molar-refractivity contribution in [3.63, 3.8) is 0 Å². The minimum atomic E-state index is -0.247. The summed E-state index contributed by atoms with van der Waals surface area (Å²) in [4.78, 5) is 16.5. The lowest BCUT2D eigenvalue weighted by atomic mass is 10.2. The molecule has 0 radical (unpaired) electrons. The van der Waals surface area contributed by atoms with E-state index < -0.39 is 0 Å². The van der Waals surface area contributed by atoms with Gasteiger partial charge in [-0.3, -0.25) is 4.79 Å². The first-order chi connectivity index (χ1) is 11.2. The Bertz CT molecular complexity index is 657. The highest BCUT2D eigenvalue weighted by Gasteiger charge is 2.11. The molecule has 0 aliphatic rings. The Labute approximate surface area is 135 Å². The second kappa shape index (κ2) is 8.03. The smallest absolute Gasteiger partial charge is 0.257 e. The Hall–Kier alpha value is -2.76. The van der Waals surface area contributed by atoms with Crippen molar-refractivity contribution in [2.75, 3.05) is 31.4 Å². The summed E-state index contributed by atoms with van der Waals surface area (Å²) in [5, 5.41) is 5.98. The largest absolute Gasteiger partial charge is 0.497 e. The molecule has 0 aliphatic carbocycles. The molecule has 1 heterocycles. The van der Waals surface area contributed by atoms with Crippen LogP contribution in [0.2, 0.25) is 0 Å². The van der Waals surface area contributed by atoms with Gasteiger partial charge in [-0.2, -0.15) is 0 Å². The maximum Gasteiger partial charge on any atom is 0.257 e. The van der Waals surface area contributed by atoms with Gasteiger partial charge in [0.15, 0.2) is 0 Å². The number of ether oxygens (including phenoxy) is 2. The molecule has 6 nitrogen and oxygen atoms in total. The summed E-state index contributed by atoms with van der Waals surface area (Å²) in [5.74, 6) is 1.70. The predicted octanol–water partition coefficient (Wildman–Crippen LogP) is 3.17. The summed E-state index contributed by atoms with van der Waals surface area (Å²) in [6.07, 6.45) is 2.56. The molecule has 0 saturated carbocycles. The van der Waals surface area contributed by atoms with Crippen LogP contribution in [0.4, 0.5) is 11.5 Å². The number of methoxy groups -OCH3 is 2. The number of carbonyl (C=O) groups excluding carboxylic acids is 1. The van der Waals surface area contributed by atoms with Crippen LogP contribution in [0.15, 0.2) is 36.5 Å². The van der Waals surface area contributed by atoms with E-state index in [1.165, 1.54) is 0 Å². The third-order valence-corrected chi connectivity index (χ3v) is 3.24. The first kappa shape index (κ1) is 16.6. The highest BCUT2D eigenvalue weighted by molar-refractivity contribution is 6.05. The second-order valence-electron chi connectivity index (χ2n) is 4.88. The summed E-state index contributed by atoms with van der Waals surface area (Å²) in [6, 6.07) is 8.73. The Kier molecular flexibility index (Phi) is 5.80.